The SMILES string of the molecule is COc1ccc(N2C=C(C#N)S(=O)(=O)c3ccccc32)cc1OC. The molecule has 7 heteroatoms. The molecule has 0 aromatic heterocycles. The van der Waals surface area contributed by atoms with Gasteiger partial charge in [0.1, 0.15) is 6.07 Å². The average molecular weight is 342 g/mol. The number of rotatable bonds is 3. The van der Waals surface area contributed by atoms with E-state index >= 15 is 0 Å². The number of hydrogen-bond donors (Lipinski definition) is 0. The molecule has 1 heterocycles. The van der Waals surface area contributed by atoms with Crippen molar-refractivity contribution in [1.29, 1.82) is 5.26 Å². The van der Waals surface area contributed by atoms with Gasteiger partial charge in [0.05, 0.1) is 24.8 Å². The summed E-state index contributed by atoms with van der Waals surface area (Å²) in [5, 5.41) is 9.23. The Kier molecular flexibility index (Phi) is 3.91. The smallest absolute Gasteiger partial charge is 0.220 e. The number of para-hydroxylation sites is 1. The van der Waals surface area contributed by atoms with Crippen molar-refractivity contribution in [1.82, 2.24) is 0 Å². The molecule has 0 N–H and O–H groups in total. The summed E-state index contributed by atoms with van der Waals surface area (Å²) in [5.41, 5.74) is 1.13. The van der Waals surface area contributed by atoms with Gasteiger partial charge in [0.25, 0.3) is 0 Å². The van der Waals surface area contributed by atoms with E-state index in [0.717, 1.165) is 0 Å². The van der Waals surface area contributed by atoms with Crippen LogP contribution in [0.3, 0.4) is 0 Å². The van der Waals surface area contributed by atoms with E-state index < -0.39 is 9.84 Å². The number of allylic oxidation sites excluding steroid dienone is 1. The molecule has 1 aliphatic rings. The molecule has 0 aliphatic carbocycles. The fraction of sp³-hybridized carbons (Fsp3) is 0.118. The van der Waals surface area contributed by atoms with E-state index in [4.69, 9.17) is 9.47 Å². The van der Waals surface area contributed by atoms with Gasteiger partial charge in [-0.05, 0) is 24.3 Å². The molecule has 2 aromatic rings. The van der Waals surface area contributed by atoms with Crippen LogP contribution in [-0.2, 0) is 9.84 Å². The van der Waals surface area contributed by atoms with Gasteiger partial charge in [0, 0.05) is 18.0 Å². The highest BCUT2D eigenvalue weighted by Crippen LogP contribution is 2.41. The van der Waals surface area contributed by atoms with Gasteiger partial charge in [-0.3, -0.25) is 0 Å². The highest BCUT2D eigenvalue weighted by atomic mass is 32.2. The number of ether oxygens (including phenoxy) is 2. The molecule has 0 unspecified atom stereocenters. The second kappa shape index (κ2) is 5.91. The maximum Gasteiger partial charge on any atom is 0.220 e. The van der Waals surface area contributed by atoms with Gasteiger partial charge in [-0.2, -0.15) is 5.26 Å². The normalized spacial score (nSPS) is 15.0. The zero-order valence-electron chi connectivity index (χ0n) is 13.1. The highest BCUT2D eigenvalue weighted by molar-refractivity contribution is 7.95. The predicted octanol–water partition coefficient (Wildman–Crippen LogP) is 2.99. The summed E-state index contributed by atoms with van der Waals surface area (Å²) in [5.74, 6) is 1.07. The number of anilines is 2. The van der Waals surface area contributed by atoms with Crippen molar-refractivity contribution < 1.29 is 17.9 Å². The van der Waals surface area contributed by atoms with E-state index in [9.17, 15) is 13.7 Å². The summed E-state index contributed by atoms with van der Waals surface area (Å²) in [4.78, 5) is 1.44. The van der Waals surface area contributed by atoms with Gasteiger partial charge in [-0.1, -0.05) is 12.1 Å². The molecule has 0 saturated heterocycles. The van der Waals surface area contributed by atoms with Gasteiger partial charge in [-0.15, -0.1) is 0 Å². The first-order valence-electron chi connectivity index (χ1n) is 7.00. The van der Waals surface area contributed by atoms with Crippen LogP contribution in [0.1, 0.15) is 0 Å². The predicted molar refractivity (Wildman–Crippen MR) is 89.0 cm³/mol. The van der Waals surface area contributed by atoms with E-state index in [2.05, 4.69) is 0 Å². The van der Waals surface area contributed by atoms with Crippen molar-refractivity contribution in [2.45, 2.75) is 4.90 Å². The molecule has 24 heavy (non-hydrogen) atoms. The van der Waals surface area contributed by atoms with Crippen LogP contribution < -0.4 is 14.4 Å². The van der Waals surface area contributed by atoms with Crippen LogP contribution in [0.4, 0.5) is 11.4 Å². The lowest BCUT2D eigenvalue weighted by Crippen LogP contribution is -2.21. The van der Waals surface area contributed by atoms with Crippen LogP contribution in [0.2, 0.25) is 0 Å². The molecule has 0 fully saturated rings. The third-order valence-electron chi connectivity index (χ3n) is 3.71. The molecule has 0 spiro atoms. The molecule has 1 aliphatic heterocycles. The number of benzene rings is 2. The maximum absolute atomic E-state index is 12.5. The Bertz CT molecular complexity index is 974. The molecule has 3 rings (SSSR count). The summed E-state index contributed by atoms with van der Waals surface area (Å²) >= 11 is 0. The fourth-order valence-electron chi connectivity index (χ4n) is 2.54. The van der Waals surface area contributed by atoms with Crippen LogP contribution >= 0.6 is 0 Å². The van der Waals surface area contributed by atoms with Gasteiger partial charge in [0.2, 0.25) is 9.84 Å². The largest absolute Gasteiger partial charge is 0.493 e. The van der Waals surface area contributed by atoms with Crippen molar-refractivity contribution >= 4 is 21.2 Å². The first-order chi connectivity index (χ1) is 11.5. The topological polar surface area (TPSA) is 79.6 Å². The lowest BCUT2D eigenvalue weighted by molar-refractivity contribution is 0.355. The van der Waals surface area contributed by atoms with Crippen molar-refractivity contribution in [2.24, 2.45) is 0 Å². The molecule has 6 nitrogen and oxygen atoms in total. The van der Waals surface area contributed by atoms with Gasteiger partial charge < -0.3 is 14.4 Å². The minimum Gasteiger partial charge on any atom is -0.493 e. The van der Waals surface area contributed by atoms with Crippen molar-refractivity contribution in [3.05, 3.63) is 53.6 Å². The van der Waals surface area contributed by atoms with E-state index in [1.54, 1.807) is 47.4 Å². The minimum atomic E-state index is -3.80. The number of methoxy groups -OCH3 is 2. The Morgan fingerprint density at radius 2 is 1.75 bits per heavy atom. The second-order valence-corrected chi connectivity index (χ2v) is 6.87. The maximum atomic E-state index is 12.5. The Morgan fingerprint density at radius 1 is 1.04 bits per heavy atom. The standard InChI is InChI=1S/C17H14N2O4S/c1-22-15-8-7-12(9-16(15)23-2)19-11-13(10-18)24(20,21)17-6-4-3-5-14(17)19/h3-9,11H,1-2H3. The molecule has 2 aromatic carbocycles. The third-order valence-corrected chi connectivity index (χ3v) is 5.41. The molecule has 0 radical (unpaired) electrons. The molecule has 0 amide bonds. The van der Waals surface area contributed by atoms with Gasteiger partial charge in [-0.25, -0.2) is 8.42 Å². The zero-order chi connectivity index (χ0) is 17.3. The molecular weight excluding hydrogens is 328 g/mol. The number of hydrogen-bond acceptors (Lipinski definition) is 6. The van der Waals surface area contributed by atoms with E-state index in [-0.39, 0.29) is 9.80 Å². The van der Waals surface area contributed by atoms with Crippen molar-refractivity contribution in [3.8, 4) is 17.6 Å². The van der Waals surface area contributed by atoms with Crippen LogP contribution in [-0.4, -0.2) is 22.6 Å². The van der Waals surface area contributed by atoms with Crippen LogP contribution in [0.15, 0.2) is 58.5 Å². The van der Waals surface area contributed by atoms with Crippen molar-refractivity contribution in [2.75, 3.05) is 19.1 Å². The van der Waals surface area contributed by atoms with Crippen LogP contribution in [0, 0.1) is 11.3 Å². The average Bonchev–Trinajstić information content (AvgIpc) is 2.61. The zero-order valence-corrected chi connectivity index (χ0v) is 13.9. The second-order valence-electron chi connectivity index (χ2n) is 4.99. The highest BCUT2D eigenvalue weighted by Gasteiger charge is 2.31. The first kappa shape index (κ1) is 15.9. The molecule has 122 valence electrons. The molecule has 0 saturated carbocycles. The fourth-order valence-corrected chi connectivity index (χ4v) is 3.84. The number of fused-ring (bicyclic) bond motifs is 1. The van der Waals surface area contributed by atoms with Gasteiger partial charge in [0.15, 0.2) is 16.4 Å². The Hall–Kier alpha value is -2.98. The summed E-state index contributed by atoms with van der Waals surface area (Å²) < 4.78 is 35.5. The molecule has 0 atom stereocenters. The number of nitriles is 1. The van der Waals surface area contributed by atoms with E-state index in [0.29, 0.717) is 22.9 Å². The monoisotopic (exact) mass is 342 g/mol. The van der Waals surface area contributed by atoms with Crippen LogP contribution in [0.25, 0.3) is 0 Å². The van der Waals surface area contributed by atoms with Gasteiger partial charge >= 0.3 is 0 Å². The first-order valence-corrected chi connectivity index (χ1v) is 8.48. The van der Waals surface area contributed by atoms with Crippen molar-refractivity contribution in [3.63, 3.8) is 0 Å². The number of nitrogens with zero attached hydrogens (tertiary/aromatic N) is 2. The number of sulfone groups is 1. The summed E-state index contributed by atoms with van der Waals surface area (Å²) in [6.45, 7) is 0. The minimum absolute atomic E-state index is 0.0961. The Labute approximate surface area is 140 Å². The molecule has 0 bridgehead atoms. The summed E-state index contributed by atoms with van der Waals surface area (Å²) in [6.07, 6.45) is 1.32. The Morgan fingerprint density at radius 3 is 2.42 bits per heavy atom. The lowest BCUT2D eigenvalue weighted by atomic mass is 10.2. The summed E-state index contributed by atoms with van der Waals surface area (Å²) in [7, 11) is -0.744. The van der Waals surface area contributed by atoms with Crippen LogP contribution in [0.5, 0.6) is 11.5 Å². The van der Waals surface area contributed by atoms with E-state index in [1.165, 1.54) is 26.5 Å². The quantitative estimate of drug-likeness (QED) is 0.853. The third kappa shape index (κ3) is 2.37. The summed E-state index contributed by atoms with van der Waals surface area (Å²) in [6, 6.07) is 13.5. The Balaban J connectivity index is 2.23. The lowest BCUT2D eigenvalue weighted by Gasteiger charge is -2.27. The van der Waals surface area contributed by atoms with E-state index in [1.807, 2.05) is 0 Å². The molecular formula is C17H14N2O4S.